The van der Waals surface area contributed by atoms with E-state index in [4.69, 9.17) is 16.3 Å². The van der Waals surface area contributed by atoms with Gasteiger partial charge in [0.15, 0.2) is 5.78 Å². The maximum Gasteiger partial charge on any atom is 0.308 e. The molecule has 0 aromatic heterocycles. The van der Waals surface area contributed by atoms with Crippen LogP contribution in [0.4, 0.5) is 22.7 Å². The molecule has 3 rings (SSSR count). The molecule has 186 valence electrons. The number of azo groups is 1. The van der Waals surface area contributed by atoms with E-state index in [-0.39, 0.29) is 35.2 Å². The molecule has 0 aliphatic heterocycles. The second kappa shape index (κ2) is 12.9. The Bertz CT molecular complexity index is 1250. The van der Waals surface area contributed by atoms with Gasteiger partial charge < -0.3 is 9.64 Å². The first kappa shape index (κ1) is 27.0. The summed E-state index contributed by atoms with van der Waals surface area (Å²) in [5, 5.41) is 19.4. The molecule has 36 heavy (non-hydrogen) atoms. The topological polar surface area (TPSA) is 114 Å². The van der Waals surface area contributed by atoms with Gasteiger partial charge in [-0.05, 0) is 52.7 Å². The number of Topliss-reactive ketones (excluding diaryl/α,β-unsaturated/α-hetero) is 1. The van der Waals surface area contributed by atoms with Gasteiger partial charge in [-0.2, -0.15) is 5.11 Å². The average molecular weight is 574 g/mol. The number of anilines is 1. The number of rotatable bonds is 11. The highest BCUT2D eigenvalue weighted by Gasteiger charge is 2.15. The molecule has 0 radical (unpaired) electrons. The lowest BCUT2D eigenvalue weighted by atomic mass is 10.2. The Kier molecular flexibility index (Phi) is 9.66. The van der Waals surface area contributed by atoms with Crippen molar-refractivity contribution >= 4 is 62.0 Å². The number of esters is 1. The number of carbonyl (C=O) groups excluding carboxylic acids is 2. The van der Waals surface area contributed by atoms with Gasteiger partial charge in [0.2, 0.25) is 0 Å². The lowest BCUT2D eigenvalue weighted by Crippen LogP contribution is -2.26. The quantitative estimate of drug-likeness (QED) is 0.106. The highest BCUT2D eigenvalue weighted by molar-refractivity contribution is 9.10. The molecule has 11 heteroatoms. The van der Waals surface area contributed by atoms with Crippen molar-refractivity contribution in [3.63, 3.8) is 0 Å². The molecule has 0 amide bonds. The number of hydrogen-bond donors (Lipinski definition) is 0. The number of benzene rings is 3. The SMILES string of the molecule is CC(=O)COC(=O)CCN(Cc1ccccc1)c1ccc(/N=N/c2c(Cl)cc([N+](=O)[O-])cc2Br)cc1. The van der Waals surface area contributed by atoms with Crippen LogP contribution in [0, 0.1) is 10.1 Å². The van der Waals surface area contributed by atoms with Crippen LogP contribution in [0.3, 0.4) is 0 Å². The van der Waals surface area contributed by atoms with Crippen molar-refractivity contribution in [3.8, 4) is 0 Å². The minimum atomic E-state index is -0.541. The zero-order valence-electron chi connectivity index (χ0n) is 19.3. The molecule has 0 saturated carbocycles. The second-order valence-electron chi connectivity index (χ2n) is 7.75. The number of nitro groups is 1. The maximum atomic E-state index is 12.0. The van der Waals surface area contributed by atoms with Gasteiger partial charge >= 0.3 is 5.97 Å². The van der Waals surface area contributed by atoms with Crippen molar-refractivity contribution in [1.29, 1.82) is 0 Å². The summed E-state index contributed by atoms with van der Waals surface area (Å²) in [6.45, 7) is 2.08. The van der Waals surface area contributed by atoms with E-state index in [0.717, 1.165) is 11.3 Å². The first-order valence-corrected chi connectivity index (χ1v) is 12.0. The monoisotopic (exact) mass is 572 g/mol. The van der Waals surface area contributed by atoms with E-state index in [2.05, 4.69) is 26.2 Å². The Balaban J connectivity index is 1.75. The smallest absolute Gasteiger partial charge is 0.308 e. The van der Waals surface area contributed by atoms with Gasteiger partial charge in [0.05, 0.1) is 26.5 Å². The average Bonchev–Trinajstić information content (AvgIpc) is 2.85. The van der Waals surface area contributed by atoms with Crippen molar-refractivity contribution in [1.82, 2.24) is 0 Å². The minimum absolute atomic E-state index is 0.0992. The molecular weight excluding hydrogens is 552 g/mol. The van der Waals surface area contributed by atoms with Crippen LogP contribution in [0.1, 0.15) is 18.9 Å². The number of nitro benzene ring substituents is 1. The largest absolute Gasteiger partial charge is 0.458 e. The third-order valence-corrected chi connectivity index (χ3v) is 5.82. The van der Waals surface area contributed by atoms with Crippen molar-refractivity contribution < 1.29 is 19.2 Å². The van der Waals surface area contributed by atoms with Gasteiger partial charge in [0.1, 0.15) is 12.3 Å². The first-order chi connectivity index (χ1) is 17.2. The molecule has 9 nitrogen and oxygen atoms in total. The Morgan fingerprint density at radius 1 is 1.08 bits per heavy atom. The zero-order valence-corrected chi connectivity index (χ0v) is 21.6. The van der Waals surface area contributed by atoms with Crippen LogP contribution >= 0.6 is 27.5 Å². The Morgan fingerprint density at radius 3 is 2.39 bits per heavy atom. The number of ketones is 1. The highest BCUT2D eigenvalue weighted by atomic mass is 79.9. The van der Waals surface area contributed by atoms with Gasteiger partial charge in [0, 0.05) is 30.9 Å². The minimum Gasteiger partial charge on any atom is -0.458 e. The van der Waals surface area contributed by atoms with Crippen LogP contribution in [0.25, 0.3) is 0 Å². The maximum absolute atomic E-state index is 12.0. The van der Waals surface area contributed by atoms with Crippen molar-refractivity contribution in [3.05, 3.63) is 91.9 Å². The molecule has 3 aromatic rings. The molecule has 0 heterocycles. The third-order valence-electron chi connectivity index (χ3n) is 4.93. The summed E-state index contributed by atoms with van der Waals surface area (Å²) in [6.07, 6.45) is 0.119. The van der Waals surface area contributed by atoms with Crippen LogP contribution < -0.4 is 4.90 Å². The number of non-ortho nitro benzene ring substituents is 1. The van der Waals surface area contributed by atoms with Crippen LogP contribution in [-0.4, -0.2) is 29.8 Å². The fourth-order valence-electron chi connectivity index (χ4n) is 3.17. The summed E-state index contributed by atoms with van der Waals surface area (Å²) < 4.78 is 5.33. The normalized spacial score (nSPS) is 10.9. The molecule has 3 aromatic carbocycles. The number of carbonyl (C=O) groups is 2. The summed E-state index contributed by atoms with van der Waals surface area (Å²) in [7, 11) is 0. The molecule has 0 spiro atoms. The van der Waals surface area contributed by atoms with Crippen LogP contribution in [-0.2, 0) is 20.9 Å². The Hall–Kier alpha value is -3.63. The molecule has 0 saturated heterocycles. The summed E-state index contributed by atoms with van der Waals surface area (Å²) in [4.78, 5) is 35.6. The molecule has 0 fully saturated rings. The van der Waals surface area contributed by atoms with Crippen molar-refractivity contribution in [2.24, 2.45) is 10.2 Å². The second-order valence-corrected chi connectivity index (χ2v) is 9.01. The van der Waals surface area contributed by atoms with E-state index in [1.54, 1.807) is 12.1 Å². The Morgan fingerprint density at radius 2 is 1.78 bits per heavy atom. The van der Waals surface area contributed by atoms with Gasteiger partial charge in [0.25, 0.3) is 5.69 Å². The van der Waals surface area contributed by atoms with E-state index in [1.807, 2.05) is 47.4 Å². The molecule has 0 atom stereocenters. The fraction of sp³-hybridized carbons (Fsp3) is 0.200. The van der Waals surface area contributed by atoms with Crippen molar-refractivity contribution in [2.75, 3.05) is 18.1 Å². The summed E-state index contributed by atoms with van der Waals surface area (Å²) in [6, 6.07) is 19.6. The Labute approximate surface area is 221 Å². The number of halogens is 2. The summed E-state index contributed by atoms with van der Waals surface area (Å²) in [5.74, 6) is -0.657. The van der Waals surface area contributed by atoms with Crippen LogP contribution in [0.15, 0.2) is 81.4 Å². The van der Waals surface area contributed by atoms with Gasteiger partial charge in [-0.3, -0.25) is 19.7 Å². The zero-order chi connectivity index (χ0) is 26.1. The first-order valence-electron chi connectivity index (χ1n) is 10.8. The summed E-state index contributed by atoms with van der Waals surface area (Å²) in [5.41, 5.74) is 2.59. The standard InChI is InChI=1S/C25H22BrClN4O5/c1-17(32)16-36-24(33)11-12-30(15-18-5-3-2-4-6-18)20-9-7-19(8-10-20)28-29-25-22(26)13-21(31(34)35)14-23(25)27/h2-10,13-14H,11-12,15-16H2,1H3/b29-28+. The van der Waals surface area contributed by atoms with E-state index < -0.39 is 10.9 Å². The molecule has 0 N–H and O–H groups in total. The van der Waals surface area contributed by atoms with E-state index in [1.165, 1.54) is 19.1 Å². The predicted octanol–water partition coefficient (Wildman–Crippen LogP) is 6.96. The molecule has 0 unspecified atom stereocenters. The van der Waals surface area contributed by atoms with E-state index in [0.29, 0.717) is 23.2 Å². The fourth-order valence-corrected chi connectivity index (χ4v) is 4.07. The lowest BCUT2D eigenvalue weighted by molar-refractivity contribution is -0.384. The third kappa shape index (κ3) is 7.96. The molecular formula is C25H22BrClN4O5. The summed E-state index contributed by atoms with van der Waals surface area (Å²) >= 11 is 9.38. The molecule has 0 aliphatic rings. The number of ether oxygens (including phenoxy) is 1. The molecule has 0 aliphatic carbocycles. The predicted molar refractivity (Wildman–Crippen MR) is 140 cm³/mol. The highest BCUT2D eigenvalue weighted by Crippen LogP contribution is 2.38. The van der Waals surface area contributed by atoms with Gasteiger partial charge in [-0.1, -0.05) is 41.9 Å². The van der Waals surface area contributed by atoms with Gasteiger partial charge in [-0.15, -0.1) is 5.11 Å². The van der Waals surface area contributed by atoms with Crippen LogP contribution in [0.2, 0.25) is 5.02 Å². The van der Waals surface area contributed by atoms with Crippen molar-refractivity contribution in [2.45, 2.75) is 19.9 Å². The number of hydrogen-bond acceptors (Lipinski definition) is 8. The van der Waals surface area contributed by atoms with E-state index in [9.17, 15) is 19.7 Å². The lowest BCUT2D eigenvalue weighted by Gasteiger charge is -2.25. The van der Waals surface area contributed by atoms with Crippen LogP contribution in [0.5, 0.6) is 0 Å². The van der Waals surface area contributed by atoms with E-state index >= 15 is 0 Å². The molecule has 0 bridgehead atoms. The van der Waals surface area contributed by atoms with Gasteiger partial charge in [-0.25, -0.2) is 0 Å². The number of nitrogens with zero attached hydrogens (tertiary/aromatic N) is 4.